The Labute approximate surface area is 114 Å². The number of aliphatic hydroxyl groups excluding tert-OH is 1. The van der Waals surface area contributed by atoms with Gasteiger partial charge in [0.1, 0.15) is 24.3 Å². The van der Waals surface area contributed by atoms with E-state index in [2.05, 4.69) is 11.8 Å². The molecule has 4 heteroatoms. The zero-order chi connectivity index (χ0) is 13.8. The van der Waals surface area contributed by atoms with Crippen LogP contribution in [0.5, 0.6) is 5.75 Å². The Bertz CT molecular complexity index is 392. The molecule has 1 aromatic rings. The van der Waals surface area contributed by atoms with Gasteiger partial charge in [-0.3, -0.25) is 0 Å². The molecule has 19 heavy (non-hydrogen) atoms. The van der Waals surface area contributed by atoms with Crippen molar-refractivity contribution in [2.45, 2.75) is 31.9 Å². The molecule has 1 aliphatic rings. The number of hydrogen-bond donors (Lipinski definition) is 1. The lowest BCUT2D eigenvalue weighted by Gasteiger charge is -2.26. The van der Waals surface area contributed by atoms with Crippen LogP contribution in [-0.2, 0) is 0 Å². The van der Waals surface area contributed by atoms with Crippen molar-refractivity contribution in [1.29, 1.82) is 0 Å². The summed E-state index contributed by atoms with van der Waals surface area (Å²) in [5.41, 5.74) is 0. The lowest BCUT2D eigenvalue weighted by atomic mass is 10.2. The van der Waals surface area contributed by atoms with Crippen LogP contribution >= 0.6 is 0 Å². The van der Waals surface area contributed by atoms with Gasteiger partial charge in [-0.05, 0) is 57.0 Å². The van der Waals surface area contributed by atoms with Crippen LogP contribution in [0.15, 0.2) is 24.3 Å². The molecule has 1 aliphatic carbocycles. The first-order valence-electron chi connectivity index (χ1n) is 6.83. The number of likely N-dealkylation sites (N-methyl/N-ethyl adjacent to an activating group) is 1. The Morgan fingerprint density at radius 3 is 2.58 bits per heavy atom. The third-order valence-corrected chi connectivity index (χ3v) is 3.75. The molecule has 0 unspecified atom stereocenters. The fraction of sp³-hybridized carbons (Fsp3) is 0.600. The van der Waals surface area contributed by atoms with Crippen molar-refractivity contribution < 1.29 is 14.2 Å². The van der Waals surface area contributed by atoms with E-state index in [9.17, 15) is 9.50 Å². The summed E-state index contributed by atoms with van der Waals surface area (Å²) in [5.74, 6) is 1.08. The molecule has 2 rings (SSSR count). The van der Waals surface area contributed by atoms with Crippen molar-refractivity contribution in [3.05, 3.63) is 30.1 Å². The van der Waals surface area contributed by atoms with Gasteiger partial charge in [0.05, 0.1) is 0 Å². The van der Waals surface area contributed by atoms with Crippen LogP contribution < -0.4 is 4.74 Å². The van der Waals surface area contributed by atoms with Gasteiger partial charge < -0.3 is 14.7 Å². The maximum Gasteiger partial charge on any atom is 0.123 e. The highest BCUT2D eigenvalue weighted by molar-refractivity contribution is 5.22. The van der Waals surface area contributed by atoms with Crippen LogP contribution in [0.25, 0.3) is 0 Å². The van der Waals surface area contributed by atoms with Crippen LogP contribution in [0, 0.1) is 11.7 Å². The van der Waals surface area contributed by atoms with Crippen LogP contribution in [0.2, 0.25) is 0 Å². The van der Waals surface area contributed by atoms with E-state index in [0.29, 0.717) is 18.3 Å². The maximum atomic E-state index is 12.7. The highest BCUT2D eigenvalue weighted by Gasteiger charge is 2.30. The molecule has 0 spiro atoms. The first-order chi connectivity index (χ1) is 9.06. The number of rotatable bonds is 7. The number of ether oxygens (including phenoxy) is 1. The molecule has 1 fully saturated rings. The fourth-order valence-electron chi connectivity index (χ4n) is 2.21. The Kier molecular flexibility index (Phi) is 4.77. The number of aliphatic hydroxyl groups is 1. The van der Waals surface area contributed by atoms with E-state index < -0.39 is 6.10 Å². The monoisotopic (exact) mass is 267 g/mol. The summed E-state index contributed by atoms with van der Waals surface area (Å²) in [5, 5.41) is 9.95. The van der Waals surface area contributed by atoms with Gasteiger partial charge in [0.15, 0.2) is 0 Å². The zero-order valence-electron chi connectivity index (χ0n) is 11.6. The van der Waals surface area contributed by atoms with Crippen molar-refractivity contribution in [2.75, 3.05) is 20.2 Å². The molecule has 0 radical (unpaired) electrons. The van der Waals surface area contributed by atoms with E-state index in [0.717, 1.165) is 5.92 Å². The number of benzene rings is 1. The molecule has 0 aliphatic heterocycles. The number of halogens is 1. The van der Waals surface area contributed by atoms with Crippen molar-refractivity contribution in [3.63, 3.8) is 0 Å². The zero-order valence-corrected chi connectivity index (χ0v) is 11.6. The molecule has 0 heterocycles. The maximum absolute atomic E-state index is 12.7. The van der Waals surface area contributed by atoms with Gasteiger partial charge in [-0.2, -0.15) is 0 Å². The van der Waals surface area contributed by atoms with Gasteiger partial charge in [0.25, 0.3) is 0 Å². The molecule has 0 amide bonds. The van der Waals surface area contributed by atoms with E-state index in [-0.39, 0.29) is 12.4 Å². The Hall–Kier alpha value is -1.13. The Morgan fingerprint density at radius 1 is 1.37 bits per heavy atom. The summed E-state index contributed by atoms with van der Waals surface area (Å²) in [6.45, 7) is 3.03. The van der Waals surface area contributed by atoms with Crippen molar-refractivity contribution in [3.8, 4) is 5.75 Å². The summed E-state index contributed by atoms with van der Waals surface area (Å²) < 4.78 is 18.2. The summed E-state index contributed by atoms with van der Waals surface area (Å²) in [4.78, 5) is 2.18. The van der Waals surface area contributed by atoms with Crippen molar-refractivity contribution >= 4 is 0 Å². The standard InChI is InChI=1S/C15H22FNO2/c1-11(12-3-4-12)17(2)9-14(18)10-19-15-7-5-13(16)6-8-15/h5-8,11-12,14,18H,3-4,9-10H2,1-2H3/t11-,14-/m1/s1. The first kappa shape index (κ1) is 14.3. The molecule has 0 bridgehead atoms. The van der Waals surface area contributed by atoms with E-state index in [1.165, 1.54) is 25.0 Å². The average molecular weight is 267 g/mol. The largest absolute Gasteiger partial charge is 0.491 e. The average Bonchev–Trinajstić information content (AvgIpc) is 3.21. The fourth-order valence-corrected chi connectivity index (χ4v) is 2.21. The van der Waals surface area contributed by atoms with E-state index in [4.69, 9.17) is 4.74 Å². The molecule has 3 nitrogen and oxygen atoms in total. The number of hydrogen-bond acceptors (Lipinski definition) is 3. The molecule has 1 saturated carbocycles. The van der Waals surface area contributed by atoms with Crippen LogP contribution in [0.1, 0.15) is 19.8 Å². The molecule has 0 saturated heterocycles. The third kappa shape index (κ3) is 4.48. The second-order valence-electron chi connectivity index (χ2n) is 5.44. The van der Waals surface area contributed by atoms with Crippen molar-refractivity contribution in [1.82, 2.24) is 4.90 Å². The smallest absolute Gasteiger partial charge is 0.123 e. The lowest BCUT2D eigenvalue weighted by Crippen LogP contribution is -2.39. The predicted molar refractivity (Wildman–Crippen MR) is 72.7 cm³/mol. The molecular formula is C15H22FNO2. The minimum Gasteiger partial charge on any atom is -0.491 e. The molecule has 106 valence electrons. The normalized spacial score (nSPS) is 18.4. The van der Waals surface area contributed by atoms with Gasteiger partial charge in [-0.25, -0.2) is 4.39 Å². The van der Waals surface area contributed by atoms with Gasteiger partial charge in [0.2, 0.25) is 0 Å². The highest BCUT2D eigenvalue weighted by Crippen LogP contribution is 2.34. The minimum atomic E-state index is -0.531. The van der Waals surface area contributed by atoms with Gasteiger partial charge in [0, 0.05) is 12.6 Å². The lowest BCUT2D eigenvalue weighted by molar-refractivity contribution is 0.0622. The van der Waals surface area contributed by atoms with E-state index >= 15 is 0 Å². The van der Waals surface area contributed by atoms with Gasteiger partial charge in [-0.15, -0.1) is 0 Å². The molecule has 0 aromatic heterocycles. The Morgan fingerprint density at radius 2 is 2.00 bits per heavy atom. The minimum absolute atomic E-state index is 0.230. The summed E-state index contributed by atoms with van der Waals surface area (Å²) in [6, 6.07) is 6.35. The molecule has 1 N–H and O–H groups in total. The Balaban J connectivity index is 1.71. The van der Waals surface area contributed by atoms with Gasteiger partial charge in [-0.1, -0.05) is 0 Å². The molecular weight excluding hydrogens is 245 g/mol. The first-order valence-corrected chi connectivity index (χ1v) is 6.83. The topological polar surface area (TPSA) is 32.7 Å². The van der Waals surface area contributed by atoms with E-state index in [1.54, 1.807) is 12.1 Å². The highest BCUT2D eigenvalue weighted by atomic mass is 19.1. The van der Waals surface area contributed by atoms with Crippen LogP contribution in [0.3, 0.4) is 0 Å². The summed E-state index contributed by atoms with van der Waals surface area (Å²) >= 11 is 0. The third-order valence-electron chi connectivity index (χ3n) is 3.75. The van der Waals surface area contributed by atoms with Gasteiger partial charge >= 0.3 is 0 Å². The van der Waals surface area contributed by atoms with Crippen LogP contribution in [0.4, 0.5) is 4.39 Å². The van der Waals surface area contributed by atoms with Crippen LogP contribution in [-0.4, -0.2) is 42.4 Å². The SMILES string of the molecule is C[C@H](C1CC1)N(C)C[C@@H](O)COc1ccc(F)cc1. The van der Waals surface area contributed by atoms with E-state index in [1.807, 2.05) is 7.05 Å². The van der Waals surface area contributed by atoms with Crippen molar-refractivity contribution in [2.24, 2.45) is 5.92 Å². The predicted octanol–water partition coefficient (Wildman–Crippen LogP) is 2.30. The summed E-state index contributed by atoms with van der Waals surface area (Å²) in [7, 11) is 2.03. The second kappa shape index (κ2) is 6.35. The second-order valence-corrected chi connectivity index (χ2v) is 5.44. The quantitative estimate of drug-likeness (QED) is 0.823. The molecule has 1 aromatic carbocycles. The number of nitrogens with zero attached hydrogens (tertiary/aromatic N) is 1. The summed E-state index contributed by atoms with van der Waals surface area (Å²) in [6.07, 6.45) is 2.07. The molecule has 2 atom stereocenters.